The van der Waals surface area contributed by atoms with Crippen LogP contribution in [0.2, 0.25) is 0 Å². The van der Waals surface area contributed by atoms with E-state index in [1.807, 2.05) is 6.92 Å². The van der Waals surface area contributed by atoms with Gasteiger partial charge in [0.15, 0.2) is 6.29 Å². The second kappa shape index (κ2) is 4.04. The van der Waals surface area contributed by atoms with Crippen LogP contribution in [0.25, 0.3) is 0 Å². The van der Waals surface area contributed by atoms with Gasteiger partial charge in [0.1, 0.15) is 0 Å². The van der Waals surface area contributed by atoms with Crippen LogP contribution in [-0.2, 0) is 9.47 Å². The Hall–Kier alpha value is -0.120. The highest BCUT2D eigenvalue weighted by Crippen LogP contribution is 2.26. The van der Waals surface area contributed by atoms with Crippen LogP contribution in [0.15, 0.2) is 0 Å². The molecule has 0 bridgehead atoms. The van der Waals surface area contributed by atoms with Crippen molar-refractivity contribution in [1.29, 1.82) is 0 Å². The van der Waals surface area contributed by atoms with Crippen molar-refractivity contribution in [2.75, 3.05) is 13.2 Å². The Kier molecular flexibility index (Phi) is 3.30. The molecule has 0 spiro atoms. The Balaban J connectivity index is 2.30. The Morgan fingerprint density at radius 2 is 2.36 bits per heavy atom. The van der Waals surface area contributed by atoms with Crippen LogP contribution in [-0.4, -0.2) is 30.7 Å². The largest absolute Gasteiger partial charge is 0.394 e. The summed E-state index contributed by atoms with van der Waals surface area (Å²) in [5.74, 6) is 0.413. The Bertz CT molecular complexity index is 116. The summed E-state index contributed by atoms with van der Waals surface area (Å²) < 4.78 is 10.7. The van der Waals surface area contributed by atoms with Gasteiger partial charge in [-0.1, -0.05) is 6.92 Å². The molecule has 0 amide bonds. The molecule has 1 saturated heterocycles. The van der Waals surface area contributed by atoms with Crippen molar-refractivity contribution in [3.05, 3.63) is 0 Å². The highest BCUT2D eigenvalue weighted by Gasteiger charge is 2.31. The van der Waals surface area contributed by atoms with E-state index in [0.29, 0.717) is 12.5 Å². The lowest BCUT2D eigenvalue weighted by atomic mass is 10.1. The fraction of sp³-hybridized carbons (Fsp3) is 1.00. The first-order valence-electron chi connectivity index (χ1n) is 4.15. The third-order valence-electron chi connectivity index (χ3n) is 2.06. The maximum absolute atomic E-state index is 8.84. The van der Waals surface area contributed by atoms with Crippen molar-refractivity contribution < 1.29 is 14.6 Å². The Labute approximate surface area is 67.3 Å². The first kappa shape index (κ1) is 8.97. The Morgan fingerprint density at radius 3 is 2.82 bits per heavy atom. The second-order valence-electron chi connectivity index (χ2n) is 2.95. The van der Waals surface area contributed by atoms with Gasteiger partial charge in [-0.3, -0.25) is 0 Å². The molecule has 0 saturated carbocycles. The smallest absolute Gasteiger partial charge is 0.158 e. The van der Waals surface area contributed by atoms with Crippen molar-refractivity contribution in [2.45, 2.75) is 32.7 Å². The van der Waals surface area contributed by atoms with Crippen LogP contribution in [0.3, 0.4) is 0 Å². The maximum Gasteiger partial charge on any atom is 0.158 e. The lowest BCUT2D eigenvalue weighted by Crippen LogP contribution is -2.19. The van der Waals surface area contributed by atoms with Gasteiger partial charge >= 0.3 is 0 Å². The van der Waals surface area contributed by atoms with Crippen LogP contribution >= 0.6 is 0 Å². The van der Waals surface area contributed by atoms with Gasteiger partial charge in [0.25, 0.3) is 0 Å². The van der Waals surface area contributed by atoms with Crippen molar-refractivity contribution >= 4 is 0 Å². The van der Waals surface area contributed by atoms with Crippen molar-refractivity contribution in [2.24, 2.45) is 5.92 Å². The minimum Gasteiger partial charge on any atom is -0.394 e. The summed E-state index contributed by atoms with van der Waals surface area (Å²) in [5, 5.41) is 8.84. The molecule has 0 radical (unpaired) electrons. The molecule has 0 aromatic carbocycles. The zero-order valence-electron chi connectivity index (χ0n) is 7.12. The minimum absolute atomic E-state index is 0.0217. The molecule has 1 rings (SSSR count). The molecule has 1 aliphatic heterocycles. The number of ether oxygens (including phenoxy) is 2. The van der Waals surface area contributed by atoms with Gasteiger partial charge in [-0.05, 0) is 12.8 Å². The minimum atomic E-state index is -0.0906. The third kappa shape index (κ3) is 2.15. The predicted molar refractivity (Wildman–Crippen MR) is 41.2 cm³/mol. The van der Waals surface area contributed by atoms with Gasteiger partial charge in [0.05, 0.1) is 12.7 Å². The molecule has 0 aromatic rings. The van der Waals surface area contributed by atoms with E-state index in [0.717, 1.165) is 6.42 Å². The van der Waals surface area contributed by atoms with Crippen LogP contribution in [0.4, 0.5) is 0 Å². The first-order chi connectivity index (χ1) is 5.27. The molecule has 1 aliphatic rings. The van der Waals surface area contributed by atoms with Gasteiger partial charge in [0, 0.05) is 13.0 Å². The zero-order valence-corrected chi connectivity index (χ0v) is 7.12. The van der Waals surface area contributed by atoms with E-state index in [-0.39, 0.29) is 19.0 Å². The summed E-state index contributed by atoms with van der Waals surface area (Å²) in [4.78, 5) is 0. The quantitative estimate of drug-likeness (QED) is 0.662. The van der Waals surface area contributed by atoms with E-state index >= 15 is 0 Å². The van der Waals surface area contributed by atoms with E-state index in [2.05, 4.69) is 6.92 Å². The summed E-state index contributed by atoms with van der Waals surface area (Å²) in [6, 6.07) is 0. The molecule has 1 heterocycles. The molecule has 1 fully saturated rings. The van der Waals surface area contributed by atoms with Gasteiger partial charge in [-0.25, -0.2) is 0 Å². The SMILES string of the molecule is CCO[C@H]1C[C@H](C)[C@@H](CO)O1. The average molecular weight is 160 g/mol. The standard InChI is InChI=1S/C8H16O3/c1-3-10-8-4-6(2)7(5-9)11-8/h6-9H,3-5H2,1-2H3/t6-,7+,8+/m0/s1. The van der Waals surface area contributed by atoms with Crippen LogP contribution in [0.5, 0.6) is 0 Å². The average Bonchev–Trinajstić information content (AvgIpc) is 2.32. The fourth-order valence-corrected chi connectivity index (χ4v) is 1.36. The number of aliphatic hydroxyl groups is 1. The summed E-state index contributed by atoms with van der Waals surface area (Å²) in [6.45, 7) is 4.79. The highest BCUT2D eigenvalue weighted by molar-refractivity contribution is 4.74. The molecule has 1 N–H and O–H groups in total. The molecule has 3 atom stereocenters. The predicted octanol–water partition coefficient (Wildman–Crippen LogP) is 0.766. The fourth-order valence-electron chi connectivity index (χ4n) is 1.36. The second-order valence-corrected chi connectivity index (χ2v) is 2.95. The van der Waals surface area contributed by atoms with Crippen LogP contribution in [0.1, 0.15) is 20.3 Å². The zero-order chi connectivity index (χ0) is 8.27. The number of hydrogen-bond donors (Lipinski definition) is 1. The van der Waals surface area contributed by atoms with Crippen molar-refractivity contribution in [3.8, 4) is 0 Å². The van der Waals surface area contributed by atoms with E-state index in [9.17, 15) is 0 Å². The van der Waals surface area contributed by atoms with Crippen LogP contribution < -0.4 is 0 Å². The molecular formula is C8H16O3. The summed E-state index contributed by atoms with van der Waals surface area (Å²) in [6.07, 6.45) is 0.790. The number of rotatable bonds is 3. The van der Waals surface area contributed by atoms with Gasteiger partial charge < -0.3 is 14.6 Å². The molecule has 0 aromatic heterocycles. The van der Waals surface area contributed by atoms with Crippen LogP contribution in [0, 0.1) is 5.92 Å². The summed E-state index contributed by atoms with van der Waals surface area (Å²) in [5.41, 5.74) is 0. The number of aliphatic hydroxyl groups excluding tert-OH is 1. The molecule has 11 heavy (non-hydrogen) atoms. The summed E-state index contributed by atoms with van der Waals surface area (Å²) in [7, 11) is 0. The summed E-state index contributed by atoms with van der Waals surface area (Å²) >= 11 is 0. The number of hydrogen-bond acceptors (Lipinski definition) is 3. The topological polar surface area (TPSA) is 38.7 Å². The third-order valence-corrected chi connectivity index (χ3v) is 2.06. The highest BCUT2D eigenvalue weighted by atomic mass is 16.7. The van der Waals surface area contributed by atoms with E-state index in [1.54, 1.807) is 0 Å². The van der Waals surface area contributed by atoms with E-state index < -0.39 is 0 Å². The lowest BCUT2D eigenvalue weighted by Gasteiger charge is -2.11. The van der Waals surface area contributed by atoms with Crippen molar-refractivity contribution in [1.82, 2.24) is 0 Å². The molecule has 0 aliphatic carbocycles. The van der Waals surface area contributed by atoms with Gasteiger partial charge in [-0.2, -0.15) is 0 Å². The monoisotopic (exact) mass is 160 g/mol. The first-order valence-corrected chi connectivity index (χ1v) is 4.15. The normalized spacial score (nSPS) is 37.9. The Morgan fingerprint density at radius 1 is 1.64 bits per heavy atom. The lowest BCUT2D eigenvalue weighted by molar-refractivity contribution is -0.138. The molecular weight excluding hydrogens is 144 g/mol. The maximum atomic E-state index is 8.84. The van der Waals surface area contributed by atoms with E-state index in [1.165, 1.54) is 0 Å². The molecule has 0 unspecified atom stereocenters. The van der Waals surface area contributed by atoms with Gasteiger partial charge in [0.2, 0.25) is 0 Å². The molecule has 3 heteroatoms. The van der Waals surface area contributed by atoms with Crippen molar-refractivity contribution in [3.63, 3.8) is 0 Å². The molecule has 3 nitrogen and oxygen atoms in total. The van der Waals surface area contributed by atoms with E-state index in [4.69, 9.17) is 14.6 Å². The van der Waals surface area contributed by atoms with Gasteiger partial charge in [-0.15, -0.1) is 0 Å². The molecule has 66 valence electrons.